The number of fused-ring (bicyclic) bond motifs is 7. The summed E-state index contributed by atoms with van der Waals surface area (Å²) in [6.07, 6.45) is -4.52. The molecule has 5 aromatic rings. The van der Waals surface area contributed by atoms with E-state index in [2.05, 4.69) is 29.9 Å². The first kappa shape index (κ1) is 21.0. The van der Waals surface area contributed by atoms with Crippen LogP contribution in [-0.4, -0.2) is 44.1 Å². The SMILES string of the molecule is COc1nc2c3nc(C)c(C)nc3c3nc4cc(C)c(C(F)(F)F)cc4nc3c2nc1OC. The maximum atomic E-state index is 13.5. The molecule has 5 rings (SSSR count). The van der Waals surface area contributed by atoms with Crippen LogP contribution in [0.4, 0.5) is 13.2 Å². The predicted molar refractivity (Wildman–Crippen MR) is 116 cm³/mol. The summed E-state index contributed by atoms with van der Waals surface area (Å²) in [6.45, 7) is 5.02. The molecule has 0 unspecified atom stereocenters. The summed E-state index contributed by atoms with van der Waals surface area (Å²) in [6, 6.07) is 2.36. The van der Waals surface area contributed by atoms with Gasteiger partial charge in [0, 0.05) is 0 Å². The van der Waals surface area contributed by atoms with Crippen LogP contribution in [0.3, 0.4) is 0 Å². The third-order valence-corrected chi connectivity index (χ3v) is 5.52. The number of hydrogen-bond acceptors (Lipinski definition) is 8. The maximum Gasteiger partial charge on any atom is 0.416 e. The molecule has 0 spiro atoms. The molecule has 0 radical (unpaired) electrons. The quantitative estimate of drug-likeness (QED) is 0.281. The number of alkyl halides is 3. The predicted octanol–water partition coefficient (Wildman–Crippen LogP) is 4.63. The molecule has 3 aromatic heterocycles. The summed E-state index contributed by atoms with van der Waals surface area (Å²) in [5.74, 6) is 0.235. The molecule has 11 heteroatoms. The highest BCUT2D eigenvalue weighted by Crippen LogP contribution is 2.37. The van der Waals surface area contributed by atoms with Crippen molar-refractivity contribution in [2.75, 3.05) is 14.2 Å². The molecular formula is C22H17F3N6O2. The number of hydrogen-bond donors (Lipinski definition) is 0. The van der Waals surface area contributed by atoms with Crippen LogP contribution in [0.15, 0.2) is 12.1 Å². The van der Waals surface area contributed by atoms with E-state index in [4.69, 9.17) is 9.47 Å². The van der Waals surface area contributed by atoms with E-state index in [1.807, 2.05) is 13.8 Å². The van der Waals surface area contributed by atoms with Crippen molar-refractivity contribution < 1.29 is 22.6 Å². The number of aromatic nitrogens is 6. The van der Waals surface area contributed by atoms with Gasteiger partial charge >= 0.3 is 6.18 Å². The van der Waals surface area contributed by atoms with Gasteiger partial charge in [0.15, 0.2) is 0 Å². The third-order valence-electron chi connectivity index (χ3n) is 5.52. The van der Waals surface area contributed by atoms with Crippen LogP contribution in [0.25, 0.3) is 44.1 Å². The van der Waals surface area contributed by atoms with Crippen molar-refractivity contribution in [3.05, 3.63) is 34.6 Å². The van der Waals surface area contributed by atoms with Crippen LogP contribution < -0.4 is 9.47 Å². The van der Waals surface area contributed by atoms with E-state index in [1.54, 1.807) is 0 Å². The molecule has 8 nitrogen and oxygen atoms in total. The Hall–Kier alpha value is -3.89. The Morgan fingerprint density at radius 3 is 1.42 bits per heavy atom. The third kappa shape index (κ3) is 3.14. The first-order valence-corrected chi connectivity index (χ1v) is 9.88. The lowest BCUT2D eigenvalue weighted by atomic mass is 10.1. The van der Waals surface area contributed by atoms with Gasteiger partial charge in [-0.3, -0.25) is 0 Å². The second kappa shape index (κ2) is 7.06. The fourth-order valence-corrected chi connectivity index (χ4v) is 3.78. The highest BCUT2D eigenvalue weighted by molar-refractivity contribution is 6.19. The van der Waals surface area contributed by atoms with Crippen molar-refractivity contribution in [3.8, 4) is 11.8 Å². The van der Waals surface area contributed by atoms with Gasteiger partial charge in [-0.25, -0.2) is 29.9 Å². The summed E-state index contributed by atoms with van der Waals surface area (Å²) in [4.78, 5) is 27.5. The highest BCUT2D eigenvalue weighted by Gasteiger charge is 2.33. The van der Waals surface area contributed by atoms with Crippen LogP contribution >= 0.6 is 0 Å². The number of benzene rings is 2. The Labute approximate surface area is 184 Å². The van der Waals surface area contributed by atoms with Crippen LogP contribution in [0.5, 0.6) is 11.8 Å². The van der Waals surface area contributed by atoms with Crippen LogP contribution in [0.2, 0.25) is 0 Å². The zero-order valence-electron chi connectivity index (χ0n) is 18.3. The van der Waals surface area contributed by atoms with Crippen molar-refractivity contribution >= 4 is 44.1 Å². The largest absolute Gasteiger partial charge is 0.477 e. The summed E-state index contributed by atoms with van der Waals surface area (Å²) in [5.41, 5.74) is 3.12. The number of halogens is 3. The van der Waals surface area contributed by atoms with Gasteiger partial charge in [0.2, 0.25) is 0 Å². The second-order valence-corrected chi connectivity index (χ2v) is 7.61. The van der Waals surface area contributed by atoms with Gasteiger partial charge in [0.1, 0.15) is 33.1 Å². The van der Waals surface area contributed by atoms with E-state index in [1.165, 1.54) is 27.2 Å². The minimum Gasteiger partial charge on any atom is -0.477 e. The molecule has 0 N–H and O–H groups in total. The molecule has 0 aliphatic heterocycles. The van der Waals surface area contributed by atoms with Crippen LogP contribution in [-0.2, 0) is 6.18 Å². The smallest absolute Gasteiger partial charge is 0.416 e. The van der Waals surface area contributed by atoms with Crippen molar-refractivity contribution in [3.63, 3.8) is 0 Å². The van der Waals surface area contributed by atoms with E-state index in [-0.39, 0.29) is 33.9 Å². The molecule has 0 fully saturated rings. The van der Waals surface area contributed by atoms with Crippen LogP contribution in [0.1, 0.15) is 22.5 Å². The molecule has 0 atom stereocenters. The van der Waals surface area contributed by atoms with E-state index in [0.29, 0.717) is 39.0 Å². The lowest BCUT2D eigenvalue weighted by molar-refractivity contribution is -0.137. The Kier molecular flexibility index (Phi) is 4.49. The number of aryl methyl sites for hydroxylation is 3. The molecule has 0 saturated heterocycles. The Morgan fingerprint density at radius 1 is 0.606 bits per heavy atom. The van der Waals surface area contributed by atoms with E-state index >= 15 is 0 Å². The Bertz CT molecular complexity index is 1620. The van der Waals surface area contributed by atoms with E-state index < -0.39 is 11.7 Å². The molecule has 0 aliphatic rings. The van der Waals surface area contributed by atoms with E-state index in [9.17, 15) is 13.2 Å². The molecular weight excluding hydrogens is 437 g/mol. The van der Waals surface area contributed by atoms with Gasteiger partial charge in [-0.05, 0) is 38.5 Å². The first-order valence-electron chi connectivity index (χ1n) is 9.88. The Balaban J connectivity index is 2.03. The number of methoxy groups -OCH3 is 2. The van der Waals surface area contributed by atoms with Crippen molar-refractivity contribution in [1.29, 1.82) is 0 Å². The maximum absolute atomic E-state index is 13.5. The van der Waals surface area contributed by atoms with Crippen LogP contribution in [0, 0.1) is 20.8 Å². The van der Waals surface area contributed by atoms with Crippen molar-refractivity contribution in [2.45, 2.75) is 26.9 Å². The van der Waals surface area contributed by atoms with Gasteiger partial charge in [-0.2, -0.15) is 13.2 Å². The van der Waals surface area contributed by atoms with Gasteiger partial charge in [0.05, 0.1) is 42.2 Å². The molecule has 168 valence electrons. The molecule has 0 saturated carbocycles. The number of rotatable bonds is 2. The summed E-state index contributed by atoms with van der Waals surface area (Å²) >= 11 is 0. The molecule has 33 heavy (non-hydrogen) atoms. The second-order valence-electron chi connectivity index (χ2n) is 7.61. The molecule has 0 amide bonds. The zero-order chi connectivity index (χ0) is 23.7. The highest BCUT2D eigenvalue weighted by atomic mass is 19.4. The zero-order valence-corrected chi connectivity index (χ0v) is 18.3. The van der Waals surface area contributed by atoms with Gasteiger partial charge < -0.3 is 9.47 Å². The molecule has 0 aliphatic carbocycles. The normalized spacial score (nSPS) is 12.2. The van der Waals surface area contributed by atoms with Crippen molar-refractivity contribution in [1.82, 2.24) is 29.9 Å². The fourth-order valence-electron chi connectivity index (χ4n) is 3.78. The van der Waals surface area contributed by atoms with Gasteiger partial charge in [-0.1, -0.05) is 0 Å². The monoisotopic (exact) mass is 454 g/mol. The van der Waals surface area contributed by atoms with Gasteiger partial charge in [0.25, 0.3) is 11.8 Å². The number of ether oxygens (including phenoxy) is 2. The average Bonchev–Trinajstić information content (AvgIpc) is 2.77. The average molecular weight is 454 g/mol. The Morgan fingerprint density at radius 2 is 1.00 bits per heavy atom. The summed E-state index contributed by atoms with van der Waals surface area (Å²) in [5, 5.41) is 0. The number of nitrogens with zero attached hydrogens (tertiary/aromatic N) is 6. The lowest BCUT2D eigenvalue weighted by Crippen LogP contribution is -2.08. The lowest BCUT2D eigenvalue weighted by Gasteiger charge is -2.14. The fraction of sp³-hybridized carbons (Fsp3) is 0.273. The topological polar surface area (TPSA) is 95.8 Å². The standard InChI is InChI=1S/C22H17F3N6O2/c1-8-6-12-13(7-11(8)22(23,24)25)29-17-16(28-12)14-15(27-10(3)9(2)26-14)18-19(17)31-21(33-5)20(30-18)32-4/h6-7H,1-5H3. The van der Waals surface area contributed by atoms with Gasteiger partial charge in [-0.15, -0.1) is 0 Å². The first-order chi connectivity index (χ1) is 15.6. The molecule has 3 heterocycles. The van der Waals surface area contributed by atoms with E-state index in [0.717, 1.165) is 6.07 Å². The molecule has 2 aromatic carbocycles. The minimum atomic E-state index is -4.52. The molecule has 0 bridgehead atoms. The minimum absolute atomic E-state index is 0.0538. The summed E-state index contributed by atoms with van der Waals surface area (Å²) < 4.78 is 51.1. The summed E-state index contributed by atoms with van der Waals surface area (Å²) in [7, 11) is 2.84. The van der Waals surface area contributed by atoms with Crippen molar-refractivity contribution in [2.24, 2.45) is 0 Å².